The molecule has 0 fully saturated rings. The molecule has 1 aromatic heterocycles. The van der Waals surface area contributed by atoms with Crippen molar-refractivity contribution in [2.45, 2.75) is 30.3 Å². The van der Waals surface area contributed by atoms with E-state index in [1.54, 1.807) is 0 Å². The third-order valence-corrected chi connectivity index (χ3v) is 2.41. The van der Waals surface area contributed by atoms with Crippen LogP contribution in [0.4, 0.5) is 13.2 Å². The van der Waals surface area contributed by atoms with Gasteiger partial charge in [-0.25, -0.2) is 9.97 Å². The molecule has 0 N–H and O–H groups in total. The van der Waals surface area contributed by atoms with Crippen molar-refractivity contribution < 1.29 is 13.2 Å². The molecule has 0 bridgehead atoms. The molecule has 0 amide bonds. The van der Waals surface area contributed by atoms with Crippen LogP contribution < -0.4 is 0 Å². The fourth-order valence-corrected chi connectivity index (χ4v) is 1.88. The monoisotopic (exact) mass is 256 g/mol. The maximum atomic E-state index is 12.3. The number of hydrogen-bond acceptors (Lipinski definition) is 3. The Morgan fingerprint density at radius 1 is 1.33 bits per heavy atom. The van der Waals surface area contributed by atoms with Crippen molar-refractivity contribution in [3.63, 3.8) is 0 Å². The summed E-state index contributed by atoms with van der Waals surface area (Å²) in [4.78, 5) is 6.83. The Labute approximate surface area is 94.3 Å². The van der Waals surface area contributed by atoms with E-state index in [0.717, 1.165) is 6.07 Å². The van der Waals surface area contributed by atoms with Crippen molar-refractivity contribution in [3.8, 4) is 0 Å². The molecular weight excluding hydrogens is 249 g/mol. The summed E-state index contributed by atoms with van der Waals surface area (Å²) in [5.74, 6) is 0. The first kappa shape index (κ1) is 12.6. The van der Waals surface area contributed by atoms with Gasteiger partial charge in [-0.1, -0.05) is 13.8 Å². The molecule has 1 aromatic rings. The molecule has 0 aliphatic heterocycles. The fraction of sp³-hybridized carbons (Fsp3) is 0.500. The number of hydrogen-bond donors (Lipinski definition) is 0. The number of aromatic nitrogens is 2. The second-order valence-corrected chi connectivity index (χ2v) is 4.96. The lowest BCUT2D eigenvalue weighted by molar-refractivity contribution is -0.141. The number of nitrogens with zero attached hydrogens (tertiary/aromatic N) is 2. The minimum atomic E-state index is -4.49. The van der Waals surface area contributed by atoms with E-state index in [1.807, 2.05) is 13.8 Å². The van der Waals surface area contributed by atoms with E-state index in [9.17, 15) is 13.2 Å². The zero-order chi connectivity index (χ0) is 11.6. The Kier molecular flexibility index (Phi) is 3.83. The highest BCUT2D eigenvalue weighted by molar-refractivity contribution is 7.99. The van der Waals surface area contributed by atoms with Crippen LogP contribution in [-0.2, 0) is 6.18 Å². The summed E-state index contributed by atoms with van der Waals surface area (Å²) < 4.78 is 37.0. The van der Waals surface area contributed by atoms with E-state index in [4.69, 9.17) is 11.6 Å². The molecule has 0 spiro atoms. The van der Waals surface area contributed by atoms with Gasteiger partial charge in [0.15, 0.2) is 5.69 Å². The van der Waals surface area contributed by atoms with Crippen molar-refractivity contribution in [2.75, 3.05) is 0 Å². The maximum absolute atomic E-state index is 12.3. The van der Waals surface area contributed by atoms with Crippen molar-refractivity contribution in [1.82, 2.24) is 9.97 Å². The van der Waals surface area contributed by atoms with Crippen LogP contribution in [0.15, 0.2) is 11.1 Å². The minimum Gasteiger partial charge on any atom is -0.213 e. The Morgan fingerprint density at radius 2 is 1.93 bits per heavy atom. The van der Waals surface area contributed by atoms with Crippen LogP contribution in [0.3, 0.4) is 0 Å². The molecule has 0 atom stereocenters. The summed E-state index contributed by atoms with van der Waals surface area (Å²) >= 11 is 6.61. The molecule has 0 aliphatic rings. The SMILES string of the molecule is CC(C)Sc1cc(C(F)(F)F)nc(Cl)n1. The molecule has 0 radical (unpaired) electrons. The molecular formula is C8H8ClF3N2S. The zero-order valence-corrected chi connectivity index (χ0v) is 9.54. The number of rotatable bonds is 2. The van der Waals surface area contributed by atoms with Gasteiger partial charge >= 0.3 is 6.18 Å². The topological polar surface area (TPSA) is 25.8 Å². The highest BCUT2D eigenvalue weighted by Gasteiger charge is 2.33. The lowest BCUT2D eigenvalue weighted by Gasteiger charge is -2.08. The van der Waals surface area contributed by atoms with Crippen LogP contribution in [0.25, 0.3) is 0 Å². The van der Waals surface area contributed by atoms with Gasteiger partial charge < -0.3 is 0 Å². The molecule has 84 valence electrons. The van der Waals surface area contributed by atoms with Crippen LogP contribution in [0.5, 0.6) is 0 Å². The molecule has 1 rings (SSSR count). The van der Waals surface area contributed by atoms with E-state index < -0.39 is 11.9 Å². The van der Waals surface area contributed by atoms with Gasteiger partial charge in [-0.15, -0.1) is 11.8 Å². The van der Waals surface area contributed by atoms with Crippen molar-refractivity contribution in [3.05, 3.63) is 17.0 Å². The van der Waals surface area contributed by atoms with Gasteiger partial charge in [-0.05, 0) is 11.6 Å². The lowest BCUT2D eigenvalue weighted by atomic mass is 10.4. The van der Waals surface area contributed by atoms with Gasteiger partial charge in [0.1, 0.15) is 5.03 Å². The Balaban J connectivity index is 3.06. The highest BCUT2D eigenvalue weighted by Crippen LogP contribution is 2.31. The van der Waals surface area contributed by atoms with Crippen LogP contribution in [0.1, 0.15) is 19.5 Å². The quantitative estimate of drug-likeness (QED) is 0.459. The molecule has 0 saturated heterocycles. The van der Waals surface area contributed by atoms with Gasteiger partial charge in [-0.3, -0.25) is 0 Å². The molecule has 1 heterocycles. The van der Waals surface area contributed by atoms with Crippen LogP contribution >= 0.6 is 23.4 Å². The smallest absolute Gasteiger partial charge is 0.213 e. The molecule has 0 aliphatic carbocycles. The standard InChI is InChI=1S/C8H8ClF3N2S/c1-4(2)15-6-3-5(8(10,11)12)13-7(9)14-6/h3-4H,1-2H3. The second kappa shape index (κ2) is 4.57. The van der Waals surface area contributed by atoms with E-state index >= 15 is 0 Å². The molecule has 7 heteroatoms. The van der Waals surface area contributed by atoms with E-state index in [-0.39, 0.29) is 15.6 Å². The summed E-state index contributed by atoms with van der Waals surface area (Å²) in [7, 11) is 0. The number of halogens is 4. The first-order valence-corrected chi connectivity index (χ1v) is 5.33. The molecule has 15 heavy (non-hydrogen) atoms. The van der Waals surface area contributed by atoms with Gasteiger partial charge in [0, 0.05) is 11.3 Å². The summed E-state index contributed by atoms with van der Waals surface area (Å²) in [5.41, 5.74) is -1.01. The maximum Gasteiger partial charge on any atom is 0.433 e. The van der Waals surface area contributed by atoms with Gasteiger partial charge in [-0.2, -0.15) is 13.2 Å². The predicted octanol–water partition coefficient (Wildman–Crippen LogP) is 3.65. The Bertz CT molecular complexity index is 354. The first-order chi connectivity index (χ1) is 6.79. The fourth-order valence-electron chi connectivity index (χ4n) is 0.844. The molecule has 0 unspecified atom stereocenters. The van der Waals surface area contributed by atoms with Crippen LogP contribution in [0, 0.1) is 0 Å². The average Bonchev–Trinajstić information content (AvgIpc) is 1.99. The first-order valence-electron chi connectivity index (χ1n) is 4.07. The number of alkyl halides is 3. The van der Waals surface area contributed by atoms with E-state index in [1.165, 1.54) is 11.8 Å². The largest absolute Gasteiger partial charge is 0.433 e. The normalized spacial score (nSPS) is 12.2. The van der Waals surface area contributed by atoms with Gasteiger partial charge in [0.2, 0.25) is 5.28 Å². The van der Waals surface area contributed by atoms with Crippen LogP contribution in [0.2, 0.25) is 5.28 Å². The van der Waals surface area contributed by atoms with Crippen LogP contribution in [-0.4, -0.2) is 15.2 Å². The van der Waals surface area contributed by atoms with Crippen molar-refractivity contribution >= 4 is 23.4 Å². The summed E-state index contributed by atoms with van der Waals surface area (Å²) in [6.45, 7) is 3.71. The Hall–Kier alpha value is -0.490. The summed E-state index contributed by atoms with van der Waals surface area (Å²) in [6.07, 6.45) is -4.49. The minimum absolute atomic E-state index is 0.136. The average molecular weight is 257 g/mol. The van der Waals surface area contributed by atoms with Crippen molar-refractivity contribution in [1.29, 1.82) is 0 Å². The number of thioether (sulfide) groups is 1. The molecule has 0 aromatic carbocycles. The highest BCUT2D eigenvalue weighted by atomic mass is 35.5. The molecule has 2 nitrogen and oxygen atoms in total. The second-order valence-electron chi connectivity index (χ2n) is 3.02. The van der Waals surface area contributed by atoms with Gasteiger partial charge in [0.25, 0.3) is 0 Å². The third kappa shape index (κ3) is 3.87. The van der Waals surface area contributed by atoms with E-state index in [0.29, 0.717) is 0 Å². The zero-order valence-electron chi connectivity index (χ0n) is 7.97. The van der Waals surface area contributed by atoms with E-state index in [2.05, 4.69) is 9.97 Å². The predicted molar refractivity (Wildman–Crippen MR) is 53.0 cm³/mol. The van der Waals surface area contributed by atoms with Crippen molar-refractivity contribution in [2.24, 2.45) is 0 Å². The summed E-state index contributed by atoms with van der Waals surface area (Å²) in [6, 6.07) is 0.899. The third-order valence-electron chi connectivity index (χ3n) is 1.32. The lowest BCUT2D eigenvalue weighted by Crippen LogP contribution is -2.09. The molecule has 0 saturated carbocycles. The Morgan fingerprint density at radius 3 is 2.40 bits per heavy atom. The van der Waals surface area contributed by atoms with Gasteiger partial charge in [0.05, 0.1) is 0 Å². The summed E-state index contributed by atoms with van der Waals surface area (Å²) in [5, 5.41) is -0.0117.